The van der Waals surface area contributed by atoms with Gasteiger partial charge < -0.3 is 14.8 Å². The summed E-state index contributed by atoms with van der Waals surface area (Å²) in [4.78, 5) is 13.5. The van der Waals surface area contributed by atoms with Gasteiger partial charge in [0.1, 0.15) is 23.1 Å². The molecule has 0 bridgehead atoms. The minimum atomic E-state index is -3.78. The van der Waals surface area contributed by atoms with Crippen LogP contribution in [0.4, 0.5) is 5.69 Å². The van der Waals surface area contributed by atoms with Gasteiger partial charge in [-0.2, -0.15) is 0 Å². The SMILES string of the molecule is CCC1(CC)C[C@H](NC(=O)[C@H](C)N(c2cc(C)ccc2OC)S(C)(=O)=O)c2ccccc2O1. The lowest BCUT2D eigenvalue weighted by molar-refractivity contribution is -0.123. The van der Waals surface area contributed by atoms with Crippen LogP contribution < -0.4 is 19.1 Å². The topological polar surface area (TPSA) is 84.9 Å². The number of nitrogens with zero attached hydrogens (tertiary/aromatic N) is 1. The van der Waals surface area contributed by atoms with E-state index in [1.54, 1.807) is 19.1 Å². The predicted molar refractivity (Wildman–Crippen MR) is 130 cm³/mol. The van der Waals surface area contributed by atoms with Crippen LogP contribution in [0.25, 0.3) is 0 Å². The summed E-state index contributed by atoms with van der Waals surface area (Å²) in [6.07, 6.45) is 3.31. The summed E-state index contributed by atoms with van der Waals surface area (Å²) >= 11 is 0. The number of aryl methyl sites for hydroxylation is 1. The minimum absolute atomic E-state index is 0.286. The molecule has 2 aromatic carbocycles. The lowest BCUT2D eigenvalue weighted by Crippen LogP contribution is -2.51. The van der Waals surface area contributed by atoms with Crippen LogP contribution in [-0.2, 0) is 14.8 Å². The fraction of sp³-hybridized carbons (Fsp3) is 0.480. The molecular formula is C25H34N2O5S. The van der Waals surface area contributed by atoms with Crippen molar-refractivity contribution < 1.29 is 22.7 Å². The number of benzene rings is 2. The molecule has 8 heteroatoms. The molecule has 0 aliphatic carbocycles. The highest BCUT2D eigenvalue weighted by atomic mass is 32.2. The van der Waals surface area contributed by atoms with Gasteiger partial charge >= 0.3 is 0 Å². The summed E-state index contributed by atoms with van der Waals surface area (Å²) in [5.41, 5.74) is 1.72. The Balaban J connectivity index is 1.96. The summed E-state index contributed by atoms with van der Waals surface area (Å²) in [5.74, 6) is 0.760. The summed E-state index contributed by atoms with van der Waals surface area (Å²) in [5, 5.41) is 3.11. The second-order valence-corrected chi connectivity index (χ2v) is 10.6. The molecule has 33 heavy (non-hydrogen) atoms. The minimum Gasteiger partial charge on any atom is -0.495 e. The molecule has 0 fully saturated rings. The molecule has 0 unspecified atom stereocenters. The first-order valence-electron chi connectivity index (χ1n) is 11.3. The maximum Gasteiger partial charge on any atom is 0.244 e. The third-order valence-corrected chi connectivity index (χ3v) is 7.69. The zero-order valence-corrected chi connectivity index (χ0v) is 21.0. The van der Waals surface area contributed by atoms with Gasteiger partial charge in [-0.25, -0.2) is 8.42 Å². The van der Waals surface area contributed by atoms with Gasteiger partial charge in [-0.3, -0.25) is 9.10 Å². The van der Waals surface area contributed by atoms with E-state index in [0.29, 0.717) is 17.9 Å². The van der Waals surface area contributed by atoms with Crippen LogP contribution in [0.15, 0.2) is 42.5 Å². The number of rotatable bonds is 8. The number of methoxy groups -OCH3 is 1. The first-order valence-corrected chi connectivity index (χ1v) is 13.1. The van der Waals surface area contributed by atoms with E-state index >= 15 is 0 Å². The van der Waals surface area contributed by atoms with Crippen molar-refractivity contribution in [1.82, 2.24) is 5.32 Å². The molecule has 3 rings (SSSR count). The predicted octanol–water partition coefficient (Wildman–Crippen LogP) is 4.36. The standard InChI is InChI=1S/C25H34N2O5S/c1-7-25(8-2)16-20(19-11-9-10-12-22(19)32-25)26-24(28)18(4)27(33(6,29)30)21-15-17(3)13-14-23(21)31-5/h9-15,18,20H,7-8,16H2,1-6H3,(H,26,28)/t18-,20-/m0/s1. The Morgan fingerprint density at radius 1 is 1.24 bits per heavy atom. The summed E-state index contributed by atoms with van der Waals surface area (Å²) in [7, 11) is -2.30. The number of ether oxygens (including phenoxy) is 2. The van der Waals surface area contributed by atoms with Crippen molar-refractivity contribution in [3.63, 3.8) is 0 Å². The molecule has 1 aliphatic heterocycles. The maximum atomic E-state index is 13.5. The van der Waals surface area contributed by atoms with Crippen LogP contribution in [0, 0.1) is 6.92 Å². The van der Waals surface area contributed by atoms with Crippen molar-refractivity contribution in [2.75, 3.05) is 17.7 Å². The Morgan fingerprint density at radius 2 is 1.91 bits per heavy atom. The van der Waals surface area contributed by atoms with E-state index in [0.717, 1.165) is 40.3 Å². The highest BCUT2D eigenvalue weighted by molar-refractivity contribution is 7.92. The van der Waals surface area contributed by atoms with Crippen LogP contribution in [0.2, 0.25) is 0 Å². The fourth-order valence-corrected chi connectivity index (χ4v) is 5.65. The number of anilines is 1. The molecule has 0 spiro atoms. The third-order valence-electron chi connectivity index (χ3n) is 6.46. The molecule has 2 aromatic rings. The Hall–Kier alpha value is -2.74. The van der Waals surface area contributed by atoms with Crippen molar-refractivity contribution in [3.8, 4) is 11.5 Å². The second-order valence-electron chi connectivity index (χ2n) is 8.71. The van der Waals surface area contributed by atoms with E-state index in [4.69, 9.17) is 9.47 Å². The van der Waals surface area contributed by atoms with E-state index in [-0.39, 0.29) is 17.6 Å². The average molecular weight is 475 g/mol. The number of hydrogen-bond acceptors (Lipinski definition) is 5. The Morgan fingerprint density at radius 3 is 2.52 bits per heavy atom. The Bertz CT molecular complexity index is 1110. The van der Waals surface area contributed by atoms with E-state index in [1.807, 2.05) is 37.3 Å². The third kappa shape index (κ3) is 5.11. The van der Waals surface area contributed by atoms with Gasteiger partial charge in [-0.15, -0.1) is 0 Å². The van der Waals surface area contributed by atoms with Gasteiger partial charge in [0.25, 0.3) is 0 Å². The van der Waals surface area contributed by atoms with Gasteiger partial charge in [0.15, 0.2) is 0 Å². The van der Waals surface area contributed by atoms with E-state index < -0.39 is 16.1 Å². The number of hydrogen-bond donors (Lipinski definition) is 1. The zero-order chi connectivity index (χ0) is 24.4. The number of carbonyl (C=O) groups excluding carboxylic acids is 1. The molecule has 180 valence electrons. The zero-order valence-electron chi connectivity index (χ0n) is 20.2. The van der Waals surface area contributed by atoms with Gasteiger partial charge in [0.05, 0.1) is 25.1 Å². The van der Waals surface area contributed by atoms with Crippen molar-refractivity contribution in [2.45, 2.75) is 64.6 Å². The highest BCUT2D eigenvalue weighted by Gasteiger charge is 2.40. The van der Waals surface area contributed by atoms with Gasteiger partial charge in [-0.1, -0.05) is 38.1 Å². The second kappa shape index (κ2) is 9.63. The van der Waals surface area contributed by atoms with Crippen molar-refractivity contribution in [3.05, 3.63) is 53.6 Å². The lowest BCUT2D eigenvalue weighted by Gasteiger charge is -2.42. The van der Waals surface area contributed by atoms with E-state index in [9.17, 15) is 13.2 Å². The number of carbonyl (C=O) groups is 1. The molecule has 0 saturated carbocycles. The Kier molecular flexibility index (Phi) is 7.26. The van der Waals surface area contributed by atoms with Crippen LogP contribution in [-0.4, -0.2) is 39.3 Å². The van der Waals surface area contributed by atoms with Crippen LogP contribution in [0.1, 0.15) is 57.2 Å². The molecule has 1 N–H and O–H groups in total. The Labute approximate surface area is 197 Å². The van der Waals surface area contributed by atoms with E-state index in [2.05, 4.69) is 19.2 Å². The molecule has 2 atom stereocenters. The van der Waals surface area contributed by atoms with Gasteiger partial charge in [0, 0.05) is 12.0 Å². The molecule has 1 heterocycles. The molecule has 1 amide bonds. The van der Waals surface area contributed by atoms with Gasteiger partial charge in [-0.05, 0) is 50.5 Å². The summed E-state index contributed by atoms with van der Waals surface area (Å²) < 4.78 is 38.5. The average Bonchev–Trinajstić information content (AvgIpc) is 2.78. The first-order chi connectivity index (χ1) is 15.5. The van der Waals surface area contributed by atoms with Crippen molar-refractivity contribution in [1.29, 1.82) is 0 Å². The van der Waals surface area contributed by atoms with Crippen LogP contribution >= 0.6 is 0 Å². The smallest absolute Gasteiger partial charge is 0.244 e. The number of para-hydroxylation sites is 1. The highest BCUT2D eigenvalue weighted by Crippen LogP contribution is 2.43. The molecule has 1 aliphatic rings. The van der Waals surface area contributed by atoms with E-state index in [1.165, 1.54) is 7.11 Å². The number of sulfonamides is 1. The maximum absolute atomic E-state index is 13.5. The molecule has 7 nitrogen and oxygen atoms in total. The van der Waals surface area contributed by atoms with Crippen molar-refractivity contribution >= 4 is 21.6 Å². The molecule has 0 radical (unpaired) electrons. The summed E-state index contributed by atoms with van der Waals surface area (Å²) in [6.45, 7) is 7.61. The number of fused-ring (bicyclic) bond motifs is 1. The quantitative estimate of drug-likeness (QED) is 0.615. The molecule has 0 saturated heterocycles. The molecule has 0 aromatic heterocycles. The first kappa shape index (κ1) is 24.9. The molecular weight excluding hydrogens is 440 g/mol. The van der Waals surface area contributed by atoms with Crippen molar-refractivity contribution in [2.24, 2.45) is 0 Å². The largest absolute Gasteiger partial charge is 0.495 e. The van der Waals surface area contributed by atoms with Crippen LogP contribution in [0.3, 0.4) is 0 Å². The monoisotopic (exact) mass is 474 g/mol. The fourth-order valence-electron chi connectivity index (χ4n) is 4.48. The van der Waals surface area contributed by atoms with Gasteiger partial charge in [0.2, 0.25) is 15.9 Å². The number of amides is 1. The number of nitrogens with one attached hydrogen (secondary N) is 1. The lowest BCUT2D eigenvalue weighted by atomic mass is 9.83. The summed E-state index contributed by atoms with van der Waals surface area (Å²) in [6, 6.07) is 11.7. The van der Waals surface area contributed by atoms with Crippen LogP contribution in [0.5, 0.6) is 11.5 Å². The normalized spacial score (nSPS) is 17.9.